The average molecular weight is 610 g/mol. The standard InChI is InChI=1S/C32H24F5N3O4/c1-16-2-3-17(23(34)8-16)15-44-29-5-4-22(33)30(39-29)21-13-24(35)18(9-25(21)36)12-28-38-31-26(37)10-19(32(41)42)11-27(31)40(28)14-20-6-7-43-20/h2-5,8-11,13,20H,6-7,12,14-15H2,1H3,(H,41,42)/t20-/m0/s1. The molecular weight excluding hydrogens is 585 g/mol. The lowest BCUT2D eigenvalue weighted by molar-refractivity contribution is -0.0589. The third kappa shape index (κ3) is 5.72. The highest BCUT2D eigenvalue weighted by Gasteiger charge is 2.25. The van der Waals surface area contributed by atoms with Gasteiger partial charge in [-0.25, -0.2) is 36.7 Å². The van der Waals surface area contributed by atoms with Crippen LogP contribution in [0.5, 0.6) is 5.88 Å². The van der Waals surface area contributed by atoms with Gasteiger partial charge in [-0.15, -0.1) is 0 Å². The van der Waals surface area contributed by atoms with Crippen molar-refractivity contribution in [3.8, 4) is 17.1 Å². The fraction of sp³-hybridized carbons (Fsp3) is 0.219. The first-order valence-electron chi connectivity index (χ1n) is 13.6. The molecule has 3 heterocycles. The van der Waals surface area contributed by atoms with Crippen LogP contribution in [0.25, 0.3) is 22.3 Å². The number of aryl methyl sites for hydroxylation is 1. The molecule has 0 radical (unpaired) electrons. The minimum Gasteiger partial charge on any atom is -0.478 e. The summed E-state index contributed by atoms with van der Waals surface area (Å²) >= 11 is 0. The first-order valence-corrected chi connectivity index (χ1v) is 13.6. The molecule has 1 aliphatic heterocycles. The van der Waals surface area contributed by atoms with Crippen LogP contribution in [0.4, 0.5) is 22.0 Å². The number of halogens is 5. The Morgan fingerprint density at radius 1 is 0.932 bits per heavy atom. The third-order valence-electron chi connectivity index (χ3n) is 7.46. The fourth-order valence-electron chi connectivity index (χ4n) is 5.01. The third-order valence-corrected chi connectivity index (χ3v) is 7.46. The maximum atomic E-state index is 15.5. The molecule has 1 saturated heterocycles. The number of hydrogen-bond acceptors (Lipinski definition) is 5. The van der Waals surface area contributed by atoms with Crippen molar-refractivity contribution < 1.29 is 41.3 Å². The van der Waals surface area contributed by atoms with Crippen molar-refractivity contribution in [3.05, 3.63) is 112 Å². The normalized spacial score (nSPS) is 14.5. The Bertz CT molecular complexity index is 1920. The zero-order chi connectivity index (χ0) is 31.1. The van der Waals surface area contributed by atoms with Crippen LogP contribution in [0.1, 0.15) is 39.3 Å². The molecule has 0 amide bonds. The summed E-state index contributed by atoms with van der Waals surface area (Å²) < 4.78 is 87.2. The van der Waals surface area contributed by atoms with Crippen molar-refractivity contribution >= 4 is 17.0 Å². The second kappa shape index (κ2) is 11.7. The fourth-order valence-corrected chi connectivity index (χ4v) is 5.01. The number of nitrogens with zero attached hydrogens (tertiary/aromatic N) is 3. The van der Waals surface area contributed by atoms with Crippen LogP contribution in [-0.2, 0) is 24.3 Å². The second-order valence-electron chi connectivity index (χ2n) is 10.5. The number of rotatable bonds is 9. The number of pyridine rings is 1. The van der Waals surface area contributed by atoms with Crippen LogP contribution in [0.2, 0.25) is 0 Å². The molecule has 1 N–H and O–H groups in total. The van der Waals surface area contributed by atoms with E-state index in [-0.39, 0.29) is 65.1 Å². The number of benzene rings is 3. The van der Waals surface area contributed by atoms with Gasteiger partial charge in [0, 0.05) is 30.2 Å². The van der Waals surface area contributed by atoms with Gasteiger partial charge < -0.3 is 19.1 Å². The Morgan fingerprint density at radius 3 is 2.41 bits per heavy atom. The Labute approximate surface area is 247 Å². The lowest BCUT2D eigenvalue weighted by Gasteiger charge is -2.27. The number of hydrogen-bond donors (Lipinski definition) is 1. The maximum Gasteiger partial charge on any atom is 0.335 e. The van der Waals surface area contributed by atoms with Gasteiger partial charge in [0.2, 0.25) is 5.88 Å². The molecule has 0 saturated carbocycles. The van der Waals surface area contributed by atoms with Crippen LogP contribution >= 0.6 is 0 Å². The second-order valence-corrected chi connectivity index (χ2v) is 10.5. The van der Waals surface area contributed by atoms with Crippen LogP contribution in [0.3, 0.4) is 0 Å². The Kier molecular flexibility index (Phi) is 7.76. The highest BCUT2D eigenvalue weighted by molar-refractivity contribution is 5.92. The van der Waals surface area contributed by atoms with Crippen molar-refractivity contribution in [2.24, 2.45) is 0 Å². The zero-order valence-electron chi connectivity index (χ0n) is 23.2. The zero-order valence-corrected chi connectivity index (χ0v) is 23.2. The first kappa shape index (κ1) is 29.2. The molecule has 12 heteroatoms. The van der Waals surface area contributed by atoms with E-state index in [1.165, 1.54) is 24.3 Å². The summed E-state index contributed by atoms with van der Waals surface area (Å²) in [5.41, 5.74) is -0.397. The molecule has 2 aromatic heterocycles. The van der Waals surface area contributed by atoms with Gasteiger partial charge in [-0.2, -0.15) is 0 Å². The lowest BCUT2D eigenvalue weighted by atomic mass is 10.0. The summed E-state index contributed by atoms with van der Waals surface area (Å²) in [7, 11) is 0. The van der Waals surface area contributed by atoms with Gasteiger partial charge in [0.1, 0.15) is 46.9 Å². The minimum absolute atomic E-state index is 0.115. The molecular formula is C32H24F5N3O4. The smallest absolute Gasteiger partial charge is 0.335 e. The molecule has 226 valence electrons. The highest BCUT2D eigenvalue weighted by Crippen LogP contribution is 2.31. The van der Waals surface area contributed by atoms with Crippen molar-refractivity contribution in [2.45, 2.75) is 39.0 Å². The minimum atomic E-state index is -1.33. The molecule has 0 aliphatic carbocycles. The summed E-state index contributed by atoms with van der Waals surface area (Å²) in [6.45, 7) is 2.24. The Morgan fingerprint density at radius 2 is 1.70 bits per heavy atom. The molecule has 0 unspecified atom stereocenters. The van der Waals surface area contributed by atoms with Gasteiger partial charge in [-0.3, -0.25) is 0 Å². The number of aromatic carboxylic acids is 1. The maximum absolute atomic E-state index is 15.5. The monoisotopic (exact) mass is 609 g/mol. The molecule has 5 aromatic rings. The van der Waals surface area contributed by atoms with Gasteiger partial charge in [0.05, 0.1) is 23.7 Å². The molecule has 1 aliphatic rings. The molecule has 3 aromatic carbocycles. The van der Waals surface area contributed by atoms with Crippen molar-refractivity contribution in [2.75, 3.05) is 6.61 Å². The van der Waals surface area contributed by atoms with E-state index in [0.29, 0.717) is 13.0 Å². The molecule has 0 bridgehead atoms. The number of carboxylic acid groups (broad SMARTS) is 1. The summed E-state index contributed by atoms with van der Waals surface area (Å²) in [4.78, 5) is 19.8. The van der Waals surface area contributed by atoms with E-state index in [2.05, 4.69) is 9.97 Å². The van der Waals surface area contributed by atoms with Gasteiger partial charge in [-0.05, 0) is 60.9 Å². The van der Waals surface area contributed by atoms with E-state index in [4.69, 9.17) is 9.47 Å². The van der Waals surface area contributed by atoms with Crippen molar-refractivity contribution in [1.82, 2.24) is 14.5 Å². The predicted octanol–water partition coefficient (Wildman–Crippen LogP) is 6.76. The number of carbonyl (C=O) groups is 1. The summed E-state index contributed by atoms with van der Waals surface area (Å²) in [5, 5.41) is 9.40. The van der Waals surface area contributed by atoms with E-state index in [1.54, 1.807) is 17.6 Å². The summed E-state index contributed by atoms with van der Waals surface area (Å²) in [5.74, 6) is -5.48. The van der Waals surface area contributed by atoms with Crippen molar-refractivity contribution in [1.29, 1.82) is 0 Å². The summed E-state index contributed by atoms with van der Waals surface area (Å²) in [6, 6.07) is 10.5. The number of fused-ring (bicyclic) bond motifs is 1. The summed E-state index contributed by atoms with van der Waals surface area (Å²) in [6.07, 6.45) is 0.185. The number of imidazole rings is 1. The van der Waals surface area contributed by atoms with E-state index in [1.807, 2.05) is 0 Å². The van der Waals surface area contributed by atoms with E-state index < -0.39 is 46.3 Å². The van der Waals surface area contributed by atoms with E-state index >= 15 is 8.78 Å². The number of aromatic nitrogens is 3. The van der Waals surface area contributed by atoms with E-state index in [0.717, 1.165) is 29.8 Å². The van der Waals surface area contributed by atoms with E-state index in [9.17, 15) is 23.1 Å². The van der Waals surface area contributed by atoms with Crippen LogP contribution in [0, 0.1) is 36.0 Å². The predicted molar refractivity (Wildman–Crippen MR) is 149 cm³/mol. The lowest BCUT2D eigenvalue weighted by Crippen LogP contribution is -2.31. The molecule has 1 fully saturated rings. The van der Waals surface area contributed by atoms with Gasteiger partial charge in [0.25, 0.3) is 0 Å². The van der Waals surface area contributed by atoms with Gasteiger partial charge in [-0.1, -0.05) is 12.1 Å². The molecule has 0 spiro atoms. The SMILES string of the molecule is Cc1ccc(COc2ccc(F)c(-c3cc(F)c(Cc4nc5c(F)cc(C(=O)O)cc5n4C[C@@H]4CCO4)cc3F)n2)c(F)c1. The van der Waals surface area contributed by atoms with Gasteiger partial charge in [0.15, 0.2) is 5.82 Å². The van der Waals surface area contributed by atoms with Crippen LogP contribution in [-0.4, -0.2) is 38.3 Å². The number of carboxylic acids is 1. The Hall–Kier alpha value is -4.84. The topological polar surface area (TPSA) is 86.5 Å². The van der Waals surface area contributed by atoms with Gasteiger partial charge >= 0.3 is 5.97 Å². The van der Waals surface area contributed by atoms with Crippen LogP contribution < -0.4 is 4.74 Å². The molecule has 44 heavy (non-hydrogen) atoms. The Balaban J connectivity index is 1.31. The molecule has 6 rings (SSSR count). The van der Waals surface area contributed by atoms with Crippen LogP contribution in [0.15, 0.2) is 54.6 Å². The quantitative estimate of drug-likeness (QED) is 0.186. The molecule has 1 atom stereocenters. The highest BCUT2D eigenvalue weighted by atomic mass is 19.1. The number of ether oxygens (including phenoxy) is 2. The molecule has 7 nitrogen and oxygen atoms in total. The average Bonchev–Trinajstić information content (AvgIpc) is 3.30. The first-order chi connectivity index (χ1) is 21.1. The largest absolute Gasteiger partial charge is 0.478 e. The van der Waals surface area contributed by atoms with Crippen molar-refractivity contribution in [3.63, 3.8) is 0 Å².